The first-order valence-corrected chi connectivity index (χ1v) is 4.41. The highest BCUT2D eigenvalue weighted by Crippen LogP contribution is 2.24. The van der Waals surface area contributed by atoms with Gasteiger partial charge in [0.2, 0.25) is 0 Å². The van der Waals surface area contributed by atoms with Gasteiger partial charge in [-0.05, 0) is 38.5 Å². The van der Waals surface area contributed by atoms with Crippen LogP contribution in [0, 0.1) is 24.1 Å². The molecule has 1 rings (SSSR count). The summed E-state index contributed by atoms with van der Waals surface area (Å²) in [6.45, 7) is 5.32. The molecule has 0 bridgehead atoms. The standard InChI is InChI=1S/C11H12FNO/c1-7(2)14-11-9(6-13)4-8(3)5-10(11)12/h4-5,7H,1-3H3. The molecule has 0 radical (unpaired) electrons. The summed E-state index contributed by atoms with van der Waals surface area (Å²) in [6.07, 6.45) is -0.140. The Kier molecular flexibility index (Phi) is 3.08. The lowest BCUT2D eigenvalue weighted by atomic mass is 10.1. The second kappa shape index (κ2) is 4.10. The maximum Gasteiger partial charge on any atom is 0.173 e. The van der Waals surface area contributed by atoms with E-state index in [0.29, 0.717) is 0 Å². The normalized spacial score (nSPS) is 10.0. The van der Waals surface area contributed by atoms with Crippen LogP contribution in [0.25, 0.3) is 0 Å². The van der Waals surface area contributed by atoms with Gasteiger partial charge in [-0.2, -0.15) is 5.26 Å². The molecule has 1 aromatic carbocycles. The minimum absolute atomic E-state index is 0.0492. The van der Waals surface area contributed by atoms with Crippen molar-refractivity contribution in [1.82, 2.24) is 0 Å². The highest BCUT2D eigenvalue weighted by molar-refractivity contribution is 5.46. The zero-order chi connectivity index (χ0) is 10.7. The number of halogens is 1. The molecule has 14 heavy (non-hydrogen) atoms. The van der Waals surface area contributed by atoms with Gasteiger partial charge in [0.1, 0.15) is 6.07 Å². The Labute approximate surface area is 82.9 Å². The van der Waals surface area contributed by atoms with Crippen molar-refractivity contribution in [2.45, 2.75) is 26.9 Å². The summed E-state index contributed by atoms with van der Waals surface area (Å²) < 4.78 is 18.6. The molecule has 0 aliphatic carbocycles. The highest BCUT2D eigenvalue weighted by Gasteiger charge is 2.12. The van der Waals surface area contributed by atoms with Crippen LogP contribution in [-0.4, -0.2) is 6.10 Å². The molecule has 0 aromatic heterocycles. The zero-order valence-electron chi connectivity index (χ0n) is 8.47. The number of hydrogen-bond acceptors (Lipinski definition) is 2. The lowest BCUT2D eigenvalue weighted by Crippen LogP contribution is -2.08. The predicted octanol–water partition coefficient (Wildman–Crippen LogP) is 2.79. The number of aryl methyl sites for hydroxylation is 1. The molecule has 3 heteroatoms. The van der Waals surface area contributed by atoms with Gasteiger partial charge in [0.15, 0.2) is 11.6 Å². The average molecular weight is 193 g/mol. The lowest BCUT2D eigenvalue weighted by Gasteiger charge is -2.12. The maximum atomic E-state index is 13.4. The third-order valence-electron chi connectivity index (χ3n) is 1.66. The first-order chi connectivity index (χ1) is 6.54. The van der Waals surface area contributed by atoms with E-state index in [1.54, 1.807) is 26.8 Å². The van der Waals surface area contributed by atoms with E-state index in [1.165, 1.54) is 6.07 Å². The molecule has 0 amide bonds. The van der Waals surface area contributed by atoms with Crippen molar-refractivity contribution in [2.75, 3.05) is 0 Å². The van der Waals surface area contributed by atoms with Crippen molar-refractivity contribution >= 4 is 0 Å². The van der Waals surface area contributed by atoms with Crippen molar-refractivity contribution in [3.63, 3.8) is 0 Å². The number of nitrogens with zero attached hydrogens (tertiary/aromatic N) is 1. The molecule has 0 aliphatic rings. The SMILES string of the molecule is Cc1cc(F)c(OC(C)C)c(C#N)c1. The molecule has 0 heterocycles. The van der Waals surface area contributed by atoms with Gasteiger partial charge in [-0.25, -0.2) is 4.39 Å². The second-order valence-electron chi connectivity index (χ2n) is 3.40. The fraction of sp³-hybridized carbons (Fsp3) is 0.364. The quantitative estimate of drug-likeness (QED) is 0.723. The molecular formula is C11H12FNO. The molecule has 0 fully saturated rings. The maximum absolute atomic E-state index is 13.4. The van der Waals surface area contributed by atoms with Crippen LogP contribution >= 0.6 is 0 Å². The monoisotopic (exact) mass is 193 g/mol. The smallest absolute Gasteiger partial charge is 0.173 e. The Morgan fingerprint density at radius 2 is 2.07 bits per heavy atom. The summed E-state index contributed by atoms with van der Waals surface area (Å²) in [4.78, 5) is 0. The van der Waals surface area contributed by atoms with Crippen molar-refractivity contribution < 1.29 is 9.13 Å². The number of hydrogen-bond donors (Lipinski definition) is 0. The number of nitriles is 1. The van der Waals surface area contributed by atoms with E-state index in [2.05, 4.69) is 0 Å². The Hall–Kier alpha value is -1.56. The van der Waals surface area contributed by atoms with Crippen LogP contribution in [0.2, 0.25) is 0 Å². The predicted molar refractivity (Wildman–Crippen MR) is 51.6 cm³/mol. The van der Waals surface area contributed by atoms with Gasteiger partial charge >= 0.3 is 0 Å². The molecule has 0 saturated carbocycles. The van der Waals surface area contributed by atoms with Gasteiger partial charge in [0, 0.05) is 0 Å². The van der Waals surface area contributed by atoms with Crippen LogP contribution in [0.4, 0.5) is 4.39 Å². The van der Waals surface area contributed by atoms with Crippen molar-refractivity contribution in [3.8, 4) is 11.8 Å². The largest absolute Gasteiger partial charge is 0.487 e. The summed E-state index contributed by atoms with van der Waals surface area (Å²) in [5.41, 5.74) is 0.964. The van der Waals surface area contributed by atoms with Crippen LogP contribution < -0.4 is 4.74 Å². The summed E-state index contributed by atoms with van der Waals surface area (Å²) in [5.74, 6) is -0.427. The van der Waals surface area contributed by atoms with E-state index in [1.807, 2.05) is 6.07 Å². The van der Waals surface area contributed by atoms with Gasteiger partial charge in [0.25, 0.3) is 0 Å². The Morgan fingerprint density at radius 3 is 2.57 bits per heavy atom. The van der Waals surface area contributed by atoms with E-state index >= 15 is 0 Å². The third-order valence-corrected chi connectivity index (χ3v) is 1.66. The fourth-order valence-corrected chi connectivity index (χ4v) is 1.17. The third kappa shape index (κ3) is 2.23. The molecule has 0 unspecified atom stereocenters. The average Bonchev–Trinajstić information content (AvgIpc) is 2.08. The molecule has 0 N–H and O–H groups in total. The topological polar surface area (TPSA) is 33.0 Å². The van der Waals surface area contributed by atoms with Gasteiger partial charge in [-0.15, -0.1) is 0 Å². The van der Waals surface area contributed by atoms with E-state index in [-0.39, 0.29) is 17.4 Å². The van der Waals surface area contributed by atoms with Crippen molar-refractivity contribution in [2.24, 2.45) is 0 Å². The molecule has 1 aromatic rings. The number of benzene rings is 1. The Balaban J connectivity index is 3.20. The lowest BCUT2D eigenvalue weighted by molar-refractivity contribution is 0.230. The molecule has 74 valence electrons. The second-order valence-corrected chi connectivity index (χ2v) is 3.40. The summed E-state index contributed by atoms with van der Waals surface area (Å²) in [5, 5.41) is 8.78. The first-order valence-electron chi connectivity index (χ1n) is 4.41. The van der Waals surface area contributed by atoms with Crippen molar-refractivity contribution in [1.29, 1.82) is 5.26 Å². The molecule has 0 saturated heterocycles. The molecule has 0 aliphatic heterocycles. The molecule has 2 nitrogen and oxygen atoms in total. The van der Waals surface area contributed by atoms with E-state index in [4.69, 9.17) is 10.00 Å². The van der Waals surface area contributed by atoms with Crippen LogP contribution in [0.15, 0.2) is 12.1 Å². The van der Waals surface area contributed by atoms with Crippen LogP contribution in [0.5, 0.6) is 5.75 Å². The zero-order valence-corrected chi connectivity index (χ0v) is 8.47. The first kappa shape index (κ1) is 10.5. The molecular weight excluding hydrogens is 181 g/mol. The van der Waals surface area contributed by atoms with Crippen LogP contribution in [0.3, 0.4) is 0 Å². The Morgan fingerprint density at radius 1 is 1.43 bits per heavy atom. The van der Waals surface area contributed by atoms with Crippen molar-refractivity contribution in [3.05, 3.63) is 29.1 Å². The minimum atomic E-state index is -0.477. The van der Waals surface area contributed by atoms with E-state index in [0.717, 1.165) is 5.56 Å². The summed E-state index contributed by atoms with van der Waals surface area (Å²) in [6, 6.07) is 4.89. The molecule has 0 atom stereocenters. The van der Waals surface area contributed by atoms with Crippen LogP contribution in [-0.2, 0) is 0 Å². The number of ether oxygens (including phenoxy) is 1. The van der Waals surface area contributed by atoms with Gasteiger partial charge in [0.05, 0.1) is 11.7 Å². The van der Waals surface area contributed by atoms with Gasteiger partial charge < -0.3 is 4.74 Å². The van der Waals surface area contributed by atoms with E-state index in [9.17, 15) is 4.39 Å². The van der Waals surface area contributed by atoms with Gasteiger partial charge in [-0.1, -0.05) is 0 Å². The molecule has 0 spiro atoms. The van der Waals surface area contributed by atoms with E-state index < -0.39 is 5.82 Å². The Bertz CT molecular complexity index is 380. The van der Waals surface area contributed by atoms with Gasteiger partial charge in [-0.3, -0.25) is 0 Å². The fourth-order valence-electron chi connectivity index (χ4n) is 1.17. The number of rotatable bonds is 2. The minimum Gasteiger partial charge on any atom is -0.487 e. The highest BCUT2D eigenvalue weighted by atomic mass is 19.1. The summed E-state index contributed by atoms with van der Waals surface area (Å²) in [7, 11) is 0. The summed E-state index contributed by atoms with van der Waals surface area (Å²) >= 11 is 0. The van der Waals surface area contributed by atoms with Crippen LogP contribution in [0.1, 0.15) is 25.0 Å².